The molecule has 1 heterocycles. The lowest BCUT2D eigenvalue weighted by Gasteiger charge is -2.33. The molecule has 1 fully saturated rings. The van der Waals surface area contributed by atoms with E-state index in [9.17, 15) is 13.2 Å². The van der Waals surface area contributed by atoms with Gasteiger partial charge in [-0.25, -0.2) is 8.42 Å². The second kappa shape index (κ2) is 9.11. The van der Waals surface area contributed by atoms with Gasteiger partial charge in [-0.3, -0.25) is 4.79 Å². The Bertz CT molecular complexity index is 981. The SMILES string of the molecule is COc1ccc(C(=O)N2CCN(S(=O)(=O)/C=C/c3ccccc3)CC2)c(OC)c1. The largest absolute Gasteiger partial charge is 0.497 e. The van der Waals surface area contributed by atoms with Crippen LogP contribution in [0.4, 0.5) is 0 Å². The van der Waals surface area contributed by atoms with Gasteiger partial charge in [0.05, 0.1) is 19.8 Å². The summed E-state index contributed by atoms with van der Waals surface area (Å²) in [4.78, 5) is 14.5. The maximum Gasteiger partial charge on any atom is 0.257 e. The number of piperazine rings is 1. The monoisotopic (exact) mass is 416 g/mol. The summed E-state index contributed by atoms with van der Waals surface area (Å²) >= 11 is 0. The van der Waals surface area contributed by atoms with Gasteiger partial charge in [-0.15, -0.1) is 0 Å². The molecule has 0 aromatic heterocycles. The Balaban J connectivity index is 1.65. The predicted octanol–water partition coefficient (Wildman–Crippen LogP) is 2.46. The van der Waals surface area contributed by atoms with Gasteiger partial charge >= 0.3 is 0 Å². The van der Waals surface area contributed by atoms with Crippen LogP contribution in [-0.2, 0) is 10.0 Å². The van der Waals surface area contributed by atoms with E-state index in [4.69, 9.17) is 9.47 Å². The molecule has 7 nitrogen and oxygen atoms in total. The summed E-state index contributed by atoms with van der Waals surface area (Å²) in [6.45, 7) is 1.11. The van der Waals surface area contributed by atoms with Crippen LogP contribution in [0.25, 0.3) is 6.08 Å². The van der Waals surface area contributed by atoms with E-state index in [0.29, 0.717) is 30.2 Å². The van der Waals surface area contributed by atoms with Crippen LogP contribution in [0.15, 0.2) is 53.9 Å². The van der Waals surface area contributed by atoms with E-state index in [1.807, 2.05) is 30.3 Å². The molecule has 0 atom stereocenters. The highest BCUT2D eigenvalue weighted by Gasteiger charge is 2.29. The first kappa shape index (κ1) is 20.9. The Morgan fingerprint density at radius 2 is 1.66 bits per heavy atom. The molecule has 154 valence electrons. The van der Waals surface area contributed by atoms with Crippen molar-refractivity contribution in [3.8, 4) is 11.5 Å². The second-order valence-corrected chi connectivity index (χ2v) is 8.33. The number of ether oxygens (including phenoxy) is 2. The van der Waals surface area contributed by atoms with Crippen LogP contribution in [0.3, 0.4) is 0 Å². The van der Waals surface area contributed by atoms with Crippen molar-refractivity contribution < 1.29 is 22.7 Å². The summed E-state index contributed by atoms with van der Waals surface area (Å²) in [7, 11) is -0.505. The van der Waals surface area contributed by atoms with Gasteiger partial charge in [-0.1, -0.05) is 30.3 Å². The number of rotatable bonds is 6. The Kier molecular flexibility index (Phi) is 6.56. The first-order valence-electron chi connectivity index (χ1n) is 9.19. The van der Waals surface area contributed by atoms with E-state index in [0.717, 1.165) is 5.56 Å². The molecule has 0 saturated carbocycles. The fourth-order valence-electron chi connectivity index (χ4n) is 3.11. The normalized spacial score (nSPS) is 15.4. The summed E-state index contributed by atoms with van der Waals surface area (Å²) in [5.41, 5.74) is 1.24. The topological polar surface area (TPSA) is 76.2 Å². The van der Waals surface area contributed by atoms with Crippen LogP contribution in [0, 0.1) is 0 Å². The first-order chi connectivity index (χ1) is 13.9. The number of nitrogens with zero attached hydrogens (tertiary/aromatic N) is 2. The smallest absolute Gasteiger partial charge is 0.257 e. The van der Waals surface area contributed by atoms with E-state index in [1.54, 1.807) is 36.3 Å². The molecule has 1 saturated heterocycles. The highest BCUT2D eigenvalue weighted by molar-refractivity contribution is 7.92. The molecular formula is C21H24N2O5S. The molecule has 1 amide bonds. The third-order valence-electron chi connectivity index (χ3n) is 4.76. The van der Waals surface area contributed by atoms with Gasteiger partial charge in [0, 0.05) is 37.7 Å². The van der Waals surface area contributed by atoms with Crippen LogP contribution < -0.4 is 9.47 Å². The lowest BCUT2D eigenvalue weighted by molar-refractivity contribution is 0.0695. The fraction of sp³-hybridized carbons (Fsp3) is 0.286. The Hall–Kier alpha value is -2.84. The number of methoxy groups -OCH3 is 2. The highest BCUT2D eigenvalue weighted by atomic mass is 32.2. The van der Waals surface area contributed by atoms with Crippen LogP contribution >= 0.6 is 0 Å². The number of benzene rings is 2. The Labute approximate surface area is 171 Å². The van der Waals surface area contributed by atoms with Crippen molar-refractivity contribution in [2.45, 2.75) is 0 Å². The number of hydrogen-bond acceptors (Lipinski definition) is 5. The minimum atomic E-state index is -3.54. The molecule has 2 aromatic rings. The molecule has 29 heavy (non-hydrogen) atoms. The third kappa shape index (κ3) is 4.96. The van der Waals surface area contributed by atoms with E-state index >= 15 is 0 Å². The molecule has 1 aliphatic rings. The highest BCUT2D eigenvalue weighted by Crippen LogP contribution is 2.26. The van der Waals surface area contributed by atoms with Crippen LogP contribution in [-0.4, -0.2) is 63.9 Å². The molecule has 0 N–H and O–H groups in total. The van der Waals surface area contributed by atoms with Crippen molar-refractivity contribution in [3.05, 3.63) is 65.1 Å². The van der Waals surface area contributed by atoms with Gasteiger partial charge in [0.15, 0.2) is 0 Å². The van der Waals surface area contributed by atoms with Crippen molar-refractivity contribution in [3.63, 3.8) is 0 Å². The van der Waals surface area contributed by atoms with Crippen molar-refractivity contribution in [2.75, 3.05) is 40.4 Å². The molecule has 3 rings (SSSR count). The first-order valence-corrected chi connectivity index (χ1v) is 10.7. The molecule has 0 aliphatic carbocycles. The molecule has 0 radical (unpaired) electrons. The van der Waals surface area contributed by atoms with Gasteiger partial charge < -0.3 is 14.4 Å². The Morgan fingerprint density at radius 1 is 0.966 bits per heavy atom. The zero-order valence-corrected chi connectivity index (χ0v) is 17.3. The zero-order chi connectivity index (χ0) is 20.9. The lowest BCUT2D eigenvalue weighted by Crippen LogP contribution is -2.50. The number of hydrogen-bond donors (Lipinski definition) is 0. The van der Waals surface area contributed by atoms with E-state index < -0.39 is 10.0 Å². The zero-order valence-electron chi connectivity index (χ0n) is 16.4. The van der Waals surface area contributed by atoms with E-state index in [1.165, 1.54) is 16.8 Å². The Morgan fingerprint density at radius 3 is 2.28 bits per heavy atom. The van der Waals surface area contributed by atoms with Gasteiger partial charge in [-0.05, 0) is 23.8 Å². The van der Waals surface area contributed by atoms with Gasteiger partial charge in [-0.2, -0.15) is 4.31 Å². The molecule has 0 bridgehead atoms. The molecule has 2 aromatic carbocycles. The van der Waals surface area contributed by atoms with Crippen molar-refractivity contribution >= 4 is 22.0 Å². The van der Waals surface area contributed by atoms with Gasteiger partial charge in [0.1, 0.15) is 11.5 Å². The van der Waals surface area contributed by atoms with Gasteiger partial charge in [0.2, 0.25) is 10.0 Å². The molecular weight excluding hydrogens is 392 g/mol. The summed E-state index contributed by atoms with van der Waals surface area (Å²) in [6, 6.07) is 14.3. The van der Waals surface area contributed by atoms with Crippen molar-refractivity contribution in [2.24, 2.45) is 0 Å². The third-order valence-corrected chi connectivity index (χ3v) is 6.32. The van der Waals surface area contributed by atoms with E-state index in [2.05, 4.69) is 0 Å². The minimum Gasteiger partial charge on any atom is -0.497 e. The quantitative estimate of drug-likeness (QED) is 0.723. The average Bonchev–Trinajstić information content (AvgIpc) is 2.77. The summed E-state index contributed by atoms with van der Waals surface area (Å²) in [5.74, 6) is 0.830. The van der Waals surface area contributed by atoms with Crippen molar-refractivity contribution in [1.82, 2.24) is 9.21 Å². The minimum absolute atomic E-state index is 0.193. The predicted molar refractivity (Wildman–Crippen MR) is 111 cm³/mol. The number of carbonyl (C=O) groups excluding carboxylic acids is 1. The second-order valence-electron chi connectivity index (χ2n) is 6.52. The van der Waals surface area contributed by atoms with Crippen LogP contribution in [0.1, 0.15) is 15.9 Å². The van der Waals surface area contributed by atoms with Crippen molar-refractivity contribution in [1.29, 1.82) is 0 Å². The fourth-order valence-corrected chi connectivity index (χ4v) is 4.28. The molecule has 1 aliphatic heterocycles. The molecule has 0 spiro atoms. The lowest BCUT2D eigenvalue weighted by atomic mass is 10.1. The van der Waals surface area contributed by atoms with Crippen LogP contribution in [0.2, 0.25) is 0 Å². The summed E-state index contributed by atoms with van der Waals surface area (Å²) < 4.78 is 37.0. The number of carbonyl (C=O) groups is 1. The summed E-state index contributed by atoms with van der Waals surface area (Å²) in [5, 5.41) is 1.21. The summed E-state index contributed by atoms with van der Waals surface area (Å²) in [6.07, 6.45) is 1.58. The average molecular weight is 416 g/mol. The van der Waals surface area contributed by atoms with Gasteiger partial charge in [0.25, 0.3) is 5.91 Å². The van der Waals surface area contributed by atoms with E-state index in [-0.39, 0.29) is 19.0 Å². The maximum absolute atomic E-state index is 12.9. The molecule has 8 heteroatoms. The maximum atomic E-state index is 12.9. The molecule has 0 unspecified atom stereocenters. The van der Waals surface area contributed by atoms with Crippen LogP contribution in [0.5, 0.6) is 11.5 Å². The standard InChI is InChI=1S/C21H24N2O5S/c1-27-18-8-9-19(20(16-18)28-2)21(24)22-11-13-23(14-12-22)29(25,26)15-10-17-6-4-3-5-7-17/h3-10,15-16H,11-14H2,1-2H3/b15-10+. The number of amides is 1. The number of sulfonamides is 1.